The number of furan rings is 1. The Hall–Kier alpha value is -3.52. The quantitative estimate of drug-likeness (QED) is 0.349. The van der Waals surface area contributed by atoms with E-state index in [-0.39, 0.29) is 0 Å². The SMILES string of the molecule is c1ccc(-c2cccc3oc4c(ccc5c6ccccc6[nH]c54)c23)cc1. The second-order valence-corrected chi connectivity index (χ2v) is 6.68. The Balaban J connectivity index is 1.79. The number of fused-ring (bicyclic) bond motifs is 7. The summed E-state index contributed by atoms with van der Waals surface area (Å²) in [7, 11) is 0. The first-order valence-corrected chi connectivity index (χ1v) is 8.80. The second-order valence-electron chi connectivity index (χ2n) is 6.68. The monoisotopic (exact) mass is 333 g/mol. The van der Waals surface area contributed by atoms with E-state index in [1.54, 1.807) is 0 Å². The number of benzene rings is 4. The summed E-state index contributed by atoms with van der Waals surface area (Å²) in [6, 6.07) is 29.6. The predicted octanol–water partition coefficient (Wildman–Crippen LogP) is 6.89. The van der Waals surface area contributed by atoms with Crippen molar-refractivity contribution in [2.45, 2.75) is 0 Å². The fourth-order valence-electron chi connectivity index (χ4n) is 4.06. The summed E-state index contributed by atoms with van der Waals surface area (Å²) in [6.45, 7) is 0. The third kappa shape index (κ3) is 1.76. The van der Waals surface area contributed by atoms with Crippen molar-refractivity contribution in [2.75, 3.05) is 0 Å². The number of hydrogen-bond acceptors (Lipinski definition) is 1. The maximum Gasteiger partial charge on any atom is 0.159 e. The number of aromatic amines is 1. The van der Waals surface area contributed by atoms with Gasteiger partial charge in [0.05, 0.1) is 5.52 Å². The van der Waals surface area contributed by atoms with Crippen LogP contribution in [0.3, 0.4) is 0 Å². The highest BCUT2D eigenvalue weighted by molar-refractivity contribution is 6.22. The highest BCUT2D eigenvalue weighted by Crippen LogP contribution is 2.40. The molecule has 2 heteroatoms. The van der Waals surface area contributed by atoms with Crippen LogP contribution < -0.4 is 0 Å². The van der Waals surface area contributed by atoms with Crippen molar-refractivity contribution >= 4 is 43.7 Å². The Labute approximate surface area is 149 Å². The van der Waals surface area contributed by atoms with Crippen molar-refractivity contribution in [3.63, 3.8) is 0 Å². The molecule has 2 nitrogen and oxygen atoms in total. The van der Waals surface area contributed by atoms with E-state index in [4.69, 9.17) is 4.42 Å². The molecule has 0 spiro atoms. The molecule has 6 aromatic rings. The van der Waals surface area contributed by atoms with Crippen molar-refractivity contribution in [3.05, 3.63) is 84.9 Å². The van der Waals surface area contributed by atoms with E-state index >= 15 is 0 Å². The van der Waals surface area contributed by atoms with E-state index < -0.39 is 0 Å². The molecule has 122 valence electrons. The minimum Gasteiger partial charge on any atom is -0.454 e. The van der Waals surface area contributed by atoms with Crippen molar-refractivity contribution < 1.29 is 4.42 Å². The summed E-state index contributed by atoms with van der Waals surface area (Å²) < 4.78 is 6.33. The molecule has 0 aliphatic rings. The maximum atomic E-state index is 6.33. The zero-order chi connectivity index (χ0) is 17.1. The van der Waals surface area contributed by atoms with Crippen molar-refractivity contribution in [3.8, 4) is 11.1 Å². The summed E-state index contributed by atoms with van der Waals surface area (Å²) in [5.74, 6) is 0. The largest absolute Gasteiger partial charge is 0.454 e. The van der Waals surface area contributed by atoms with E-state index in [9.17, 15) is 0 Å². The molecular formula is C24H15NO. The number of hydrogen-bond donors (Lipinski definition) is 1. The number of para-hydroxylation sites is 1. The molecule has 0 aliphatic heterocycles. The van der Waals surface area contributed by atoms with E-state index in [2.05, 4.69) is 83.8 Å². The lowest BCUT2D eigenvalue weighted by molar-refractivity contribution is 0.672. The third-order valence-corrected chi connectivity index (χ3v) is 5.23. The molecule has 26 heavy (non-hydrogen) atoms. The van der Waals surface area contributed by atoms with Crippen LogP contribution in [0.4, 0.5) is 0 Å². The van der Waals surface area contributed by atoms with E-state index in [1.165, 1.54) is 27.3 Å². The van der Waals surface area contributed by atoms with Gasteiger partial charge >= 0.3 is 0 Å². The van der Waals surface area contributed by atoms with Gasteiger partial charge < -0.3 is 9.40 Å². The normalized spacial score (nSPS) is 11.8. The van der Waals surface area contributed by atoms with Gasteiger partial charge in [-0.1, -0.05) is 66.7 Å². The first-order chi connectivity index (χ1) is 12.9. The lowest BCUT2D eigenvalue weighted by Gasteiger charge is -2.03. The highest BCUT2D eigenvalue weighted by Gasteiger charge is 2.16. The van der Waals surface area contributed by atoms with Crippen LogP contribution in [-0.4, -0.2) is 4.98 Å². The molecule has 0 radical (unpaired) electrons. The third-order valence-electron chi connectivity index (χ3n) is 5.23. The molecule has 0 bridgehead atoms. The first kappa shape index (κ1) is 13.7. The van der Waals surface area contributed by atoms with Crippen LogP contribution in [0.15, 0.2) is 89.3 Å². The predicted molar refractivity (Wildman–Crippen MR) is 109 cm³/mol. The van der Waals surface area contributed by atoms with Gasteiger partial charge in [0.15, 0.2) is 5.58 Å². The molecule has 1 N–H and O–H groups in total. The Bertz CT molecular complexity index is 1420. The average molecular weight is 333 g/mol. The van der Waals surface area contributed by atoms with Gasteiger partial charge in [0.2, 0.25) is 0 Å². The van der Waals surface area contributed by atoms with E-state index in [0.29, 0.717) is 0 Å². The Morgan fingerprint density at radius 3 is 2.35 bits per heavy atom. The summed E-state index contributed by atoms with van der Waals surface area (Å²) >= 11 is 0. The molecule has 0 atom stereocenters. The van der Waals surface area contributed by atoms with Crippen LogP contribution in [0.5, 0.6) is 0 Å². The maximum absolute atomic E-state index is 6.33. The zero-order valence-corrected chi connectivity index (χ0v) is 14.0. The number of rotatable bonds is 1. The Kier molecular flexibility index (Phi) is 2.64. The van der Waals surface area contributed by atoms with Crippen molar-refractivity contribution in [1.82, 2.24) is 4.98 Å². The number of nitrogens with one attached hydrogen (secondary N) is 1. The Morgan fingerprint density at radius 1 is 0.615 bits per heavy atom. The minimum atomic E-state index is 0.924. The van der Waals surface area contributed by atoms with Crippen LogP contribution in [0.1, 0.15) is 0 Å². The zero-order valence-electron chi connectivity index (χ0n) is 14.0. The summed E-state index contributed by atoms with van der Waals surface area (Å²) in [5, 5.41) is 4.76. The van der Waals surface area contributed by atoms with Crippen LogP contribution in [-0.2, 0) is 0 Å². The molecular weight excluding hydrogens is 318 g/mol. The van der Waals surface area contributed by atoms with Gasteiger partial charge in [0.1, 0.15) is 5.58 Å². The van der Waals surface area contributed by atoms with E-state index in [1.807, 2.05) is 6.07 Å². The lowest BCUT2D eigenvalue weighted by Crippen LogP contribution is -1.78. The van der Waals surface area contributed by atoms with Crippen molar-refractivity contribution in [2.24, 2.45) is 0 Å². The second kappa shape index (κ2) is 4.99. The van der Waals surface area contributed by atoms with Crippen LogP contribution in [0, 0.1) is 0 Å². The minimum absolute atomic E-state index is 0.924. The molecule has 4 aromatic carbocycles. The van der Waals surface area contributed by atoms with Gasteiger partial charge in [0.25, 0.3) is 0 Å². The van der Waals surface area contributed by atoms with Crippen LogP contribution in [0.25, 0.3) is 54.9 Å². The molecule has 0 unspecified atom stereocenters. The topological polar surface area (TPSA) is 28.9 Å². The molecule has 0 saturated heterocycles. The fourth-order valence-corrected chi connectivity index (χ4v) is 4.06. The van der Waals surface area contributed by atoms with E-state index in [0.717, 1.165) is 27.6 Å². The molecule has 2 heterocycles. The van der Waals surface area contributed by atoms with Crippen LogP contribution >= 0.6 is 0 Å². The average Bonchev–Trinajstić information content (AvgIpc) is 3.26. The molecule has 0 amide bonds. The molecule has 2 aromatic heterocycles. The van der Waals surface area contributed by atoms with Gasteiger partial charge in [-0.15, -0.1) is 0 Å². The summed E-state index contributed by atoms with van der Waals surface area (Å²) in [4.78, 5) is 3.55. The van der Waals surface area contributed by atoms with Crippen LogP contribution in [0.2, 0.25) is 0 Å². The smallest absolute Gasteiger partial charge is 0.159 e. The van der Waals surface area contributed by atoms with Gasteiger partial charge in [-0.3, -0.25) is 0 Å². The molecule has 6 rings (SSSR count). The molecule has 0 fully saturated rings. The van der Waals surface area contributed by atoms with Gasteiger partial charge in [-0.05, 0) is 29.3 Å². The first-order valence-electron chi connectivity index (χ1n) is 8.80. The number of aromatic nitrogens is 1. The van der Waals surface area contributed by atoms with Gasteiger partial charge in [-0.2, -0.15) is 0 Å². The van der Waals surface area contributed by atoms with Gasteiger partial charge in [-0.25, -0.2) is 0 Å². The van der Waals surface area contributed by atoms with Gasteiger partial charge in [0, 0.05) is 27.1 Å². The highest BCUT2D eigenvalue weighted by atomic mass is 16.3. The fraction of sp³-hybridized carbons (Fsp3) is 0. The summed E-state index contributed by atoms with van der Waals surface area (Å²) in [5.41, 5.74) is 6.47. The lowest BCUT2D eigenvalue weighted by atomic mass is 9.99. The molecule has 0 saturated carbocycles. The summed E-state index contributed by atoms with van der Waals surface area (Å²) in [6.07, 6.45) is 0. The Morgan fingerprint density at radius 2 is 1.42 bits per heavy atom. The number of H-pyrrole nitrogens is 1. The van der Waals surface area contributed by atoms with Crippen molar-refractivity contribution in [1.29, 1.82) is 0 Å². The standard InChI is InChI=1S/C24H15NO/c1-2-7-15(8-3-1)16-10-6-12-21-22(16)19-14-13-18-17-9-4-5-11-20(17)25-23(18)24(19)26-21/h1-14,25H. The molecule has 0 aliphatic carbocycles.